The van der Waals surface area contributed by atoms with Crippen LogP contribution in [0.15, 0.2) is 53.4 Å². The Bertz CT molecular complexity index is 748. The quantitative estimate of drug-likeness (QED) is 0.743. The first-order valence-corrected chi connectivity index (χ1v) is 9.24. The SMILES string of the molecule is CCCCN(c1ccccc1)S(=O)(=O)c1cc(Cl)ccc1OC. The van der Waals surface area contributed by atoms with Gasteiger partial charge in [0.1, 0.15) is 10.6 Å². The third-order valence-corrected chi connectivity index (χ3v) is 5.54. The minimum atomic E-state index is -3.77. The predicted molar refractivity (Wildman–Crippen MR) is 93.9 cm³/mol. The second kappa shape index (κ2) is 7.70. The van der Waals surface area contributed by atoms with Crippen LogP contribution in [0.3, 0.4) is 0 Å². The average molecular weight is 354 g/mol. The number of ether oxygens (including phenoxy) is 1. The standard InChI is InChI=1S/C17H20ClNO3S/c1-3-4-12-19(15-8-6-5-7-9-15)23(20,21)17-13-14(18)10-11-16(17)22-2/h5-11,13H,3-4,12H2,1-2H3. The Morgan fingerprint density at radius 1 is 1.13 bits per heavy atom. The maximum absolute atomic E-state index is 13.2. The third kappa shape index (κ3) is 3.98. The Morgan fingerprint density at radius 2 is 1.83 bits per heavy atom. The Balaban J connectivity index is 2.54. The summed E-state index contributed by atoms with van der Waals surface area (Å²) in [4.78, 5) is 0.0763. The van der Waals surface area contributed by atoms with Crippen molar-refractivity contribution in [2.75, 3.05) is 18.0 Å². The molecule has 0 unspecified atom stereocenters. The van der Waals surface area contributed by atoms with Crippen molar-refractivity contribution >= 4 is 27.3 Å². The number of benzene rings is 2. The molecule has 0 bridgehead atoms. The molecule has 6 heteroatoms. The summed E-state index contributed by atoms with van der Waals surface area (Å²) < 4.78 is 32.9. The van der Waals surface area contributed by atoms with E-state index in [1.165, 1.54) is 17.5 Å². The molecule has 0 radical (unpaired) electrons. The molecule has 23 heavy (non-hydrogen) atoms. The van der Waals surface area contributed by atoms with Gasteiger partial charge in [-0.15, -0.1) is 0 Å². The summed E-state index contributed by atoms with van der Waals surface area (Å²) >= 11 is 6.00. The molecule has 124 valence electrons. The molecule has 0 aliphatic heterocycles. The first kappa shape index (κ1) is 17.6. The van der Waals surface area contributed by atoms with Gasteiger partial charge in [0, 0.05) is 11.6 Å². The third-order valence-electron chi connectivity index (χ3n) is 3.45. The van der Waals surface area contributed by atoms with Crippen molar-refractivity contribution < 1.29 is 13.2 Å². The summed E-state index contributed by atoms with van der Waals surface area (Å²) in [6, 6.07) is 13.7. The van der Waals surface area contributed by atoms with Gasteiger partial charge in [0.15, 0.2) is 0 Å². The summed E-state index contributed by atoms with van der Waals surface area (Å²) in [6.07, 6.45) is 1.66. The van der Waals surface area contributed by atoms with Crippen molar-refractivity contribution in [3.63, 3.8) is 0 Å². The maximum atomic E-state index is 13.2. The van der Waals surface area contributed by atoms with E-state index in [0.717, 1.165) is 12.8 Å². The maximum Gasteiger partial charge on any atom is 0.268 e. The van der Waals surface area contributed by atoms with Crippen LogP contribution in [-0.4, -0.2) is 22.1 Å². The van der Waals surface area contributed by atoms with Crippen LogP contribution in [0.4, 0.5) is 5.69 Å². The second-order valence-electron chi connectivity index (χ2n) is 5.06. The van der Waals surface area contributed by atoms with E-state index in [1.807, 2.05) is 25.1 Å². The molecule has 0 spiro atoms. The molecule has 2 aromatic rings. The number of halogens is 1. The van der Waals surface area contributed by atoms with Gasteiger partial charge in [-0.1, -0.05) is 43.1 Å². The van der Waals surface area contributed by atoms with Gasteiger partial charge in [-0.2, -0.15) is 0 Å². The molecule has 0 aromatic heterocycles. The summed E-state index contributed by atoms with van der Waals surface area (Å²) in [6.45, 7) is 2.42. The Hall–Kier alpha value is -1.72. The van der Waals surface area contributed by atoms with Gasteiger partial charge in [-0.25, -0.2) is 8.42 Å². The number of para-hydroxylation sites is 1. The average Bonchev–Trinajstić information content (AvgIpc) is 2.56. The number of rotatable bonds is 7. The fraction of sp³-hybridized carbons (Fsp3) is 0.294. The van der Waals surface area contributed by atoms with Gasteiger partial charge in [0.25, 0.3) is 10.0 Å². The van der Waals surface area contributed by atoms with E-state index >= 15 is 0 Å². The monoisotopic (exact) mass is 353 g/mol. The van der Waals surface area contributed by atoms with Crippen LogP contribution in [0.25, 0.3) is 0 Å². The lowest BCUT2D eigenvalue weighted by molar-refractivity contribution is 0.402. The predicted octanol–water partition coefficient (Wildman–Crippen LogP) is 4.34. The van der Waals surface area contributed by atoms with Crippen molar-refractivity contribution in [2.45, 2.75) is 24.7 Å². The van der Waals surface area contributed by atoms with Gasteiger partial charge >= 0.3 is 0 Å². The summed E-state index contributed by atoms with van der Waals surface area (Å²) in [7, 11) is -2.32. The molecule has 2 rings (SSSR count). The minimum absolute atomic E-state index is 0.0763. The zero-order valence-corrected chi connectivity index (χ0v) is 14.8. The van der Waals surface area contributed by atoms with E-state index in [1.54, 1.807) is 24.3 Å². The Morgan fingerprint density at radius 3 is 2.43 bits per heavy atom. The molecule has 0 saturated carbocycles. The lowest BCUT2D eigenvalue weighted by Gasteiger charge is -2.25. The molecule has 0 aliphatic rings. The van der Waals surface area contributed by atoms with Crippen molar-refractivity contribution in [3.8, 4) is 5.75 Å². The number of hydrogen-bond acceptors (Lipinski definition) is 3. The minimum Gasteiger partial charge on any atom is -0.495 e. The van der Waals surface area contributed by atoms with E-state index in [0.29, 0.717) is 17.3 Å². The summed E-state index contributed by atoms with van der Waals surface area (Å²) in [5.74, 6) is 0.284. The van der Waals surface area contributed by atoms with Gasteiger partial charge in [0.2, 0.25) is 0 Å². The second-order valence-corrected chi connectivity index (χ2v) is 7.33. The first-order valence-electron chi connectivity index (χ1n) is 7.42. The Kier molecular flexibility index (Phi) is 5.91. The topological polar surface area (TPSA) is 46.6 Å². The molecular formula is C17H20ClNO3S. The molecule has 0 heterocycles. The van der Waals surface area contributed by atoms with Gasteiger partial charge in [0.05, 0.1) is 12.8 Å². The molecule has 0 saturated heterocycles. The highest BCUT2D eigenvalue weighted by atomic mass is 35.5. The van der Waals surface area contributed by atoms with E-state index in [-0.39, 0.29) is 10.6 Å². The summed E-state index contributed by atoms with van der Waals surface area (Å²) in [5.41, 5.74) is 0.628. The Labute approximate surface area is 142 Å². The zero-order chi connectivity index (χ0) is 16.9. The molecule has 4 nitrogen and oxygen atoms in total. The fourth-order valence-electron chi connectivity index (χ4n) is 2.25. The van der Waals surface area contributed by atoms with Crippen molar-refractivity contribution in [2.24, 2.45) is 0 Å². The number of nitrogens with zero attached hydrogens (tertiary/aromatic N) is 1. The zero-order valence-electron chi connectivity index (χ0n) is 13.2. The molecule has 0 N–H and O–H groups in total. The van der Waals surface area contributed by atoms with E-state index in [4.69, 9.17) is 16.3 Å². The number of unbranched alkanes of at least 4 members (excludes halogenated alkanes) is 1. The first-order chi connectivity index (χ1) is 11.0. The lowest BCUT2D eigenvalue weighted by atomic mass is 10.3. The highest BCUT2D eigenvalue weighted by Crippen LogP contribution is 2.32. The number of hydrogen-bond donors (Lipinski definition) is 0. The van der Waals surface area contributed by atoms with E-state index in [2.05, 4.69) is 0 Å². The van der Waals surface area contributed by atoms with Gasteiger partial charge in [-0.3, -0.25) is 4.31 Å². The number of sulfonamides is 1. The molecule has 0 aliphatic carbocycles. The normalized spacial score (nSPS) is 11.3. The molecule has 0 atom stereocenters. The molecular weight excluding hydrogens is 334 g/mol. The van der Waals surface area contributed by atoms with Crippen LogP contribution in [0, 0.1) is 0 Å². The molecule has 0 fully saturated rings. The van der Waals surface area contributed by atoms with Gasteiger partial charge < -0.3 is 4.74 Å². The smallest absolute Gasteiger partial charge is 0.268 e. The lowest BCUT2D eigenvalue weighted by Crippen LogP contribution is -2.32. The highest BCUT2D eigenvalue weighted by Gasteiger charge is 2.28. The van der Waals surface area contributed by atoms with Crippen molar-refractivity contribution in [3.05, 3.63) is 53.6 Å². The van der Waals surface area contributed by atoms with Crippen LogP contribution in [0.5, 0.6) is 5.75 Å². The van der Waals surface area contributed by atoms with E-state index in [9.17, 15) is 8.42 Å². The van der Waals surface area contributed by atoms with Crippen LogP contribution in [-0.2, 0) is 10.0 Å². The summed E-state index contributed by atoms with van der Waals surface area (Å²) in [5, 5.41) is 0.355. The molecule has 2 aromatic carbocycles. The van der Waals surface area contributed by atoms with Crippen LogP contribution >= 0.6 is 11.6 Å². The van der Waals surface area contributed by atoms with E-state index < -0.39 is 10.0 Å². The number of anilines is 1. The molecule has 0 amide bonds. The van der Waals surface area contributed by atoms with Crippen LogP contribution in [0.2, 0.25) is 5.02 Å². The van der Waals surface area contributed by atoms with Crippen LogP contribution < -0.4 is 9.04 Å². The largest absolute Gasteiger partial charge is 0.495 e. The highest BCUT2D eigenvalue weighted by molar-refractivity contribution is 7.93. The number of methoxy groups -OCH3 is 1. The van der Waals surface area contributed by atoms with Gasteiger partial charge in [-0.05, 0) is 36.8 Å². The van der Waals surface area contributed by atoms with Crippen molar-refractivity contribution in [1.82, 2.24) is 0 Å². The van der Waals surface area contributed by atoms with Crippen molar-refractivity contribution in [1.29, 1.82) is 0 Å². The fourth-order valence-corrected chi connectivity index (χ4v) is 4.18. The van der Waals surface area contributed by atoms with Crippen LogP contribution in [0.1, 0.15) is 19.8 Å².